The van der Waals surface area contributed by atoms with Gasteiger partial charge in [-0.05, 0) is 66.3 Å². The van der Waals surface area contributed by atoms with Crippen molar-refractivity contribution in [3.05, 3.63) is 0 Å². The minimum atomic E-state index is -0.427. The highest BCUT2D eigenvalue weighted by atomic mass is 16.6. The molecule has 1 aliphatic carbocycles. The van der Waals surface area contributed by atoms with Gasteiger partial charge in [0.1, 0.15) is 5.60 Å². The molecule has 0 spiro atoms. The lowest BCUT2D eigenvalue weighted by Gasteiger charge is -2.30. The van der Waals surface area contributed by atoms with E-state index < -0.39 is 5.60 Å². The summed E-state index contributed by atoms with van der Waals surface area (Å²) in [6.07, 6.45) is 5.01. The summed E-state index contributed by atoms with van der Waals surface area (Å²) >= 11 is 0. The van der Waals surface area contributed by atoms with Crippen molar-refractivity contribution < 1.29 is 14.3 Å². The largest absolute Gasteiger partial charge is 0.444 e. The van der Waals surface area contributed by atoms with Gasteiger partial charge in [-0.2, -0.15) is 0 Å². The quantitative estimate of drug-likeness (QED) is 0.710. The monoisotopic (exact) mass is 300 g/mol. The molecule has 1 fully saturated rings. The molecule has 0 heterocycles. The third kappa shape index (κ3) is 8.94. The van der Waals surface area contributed by atoms with Gasteiger partial charge in [0.05, 0.1) is 0 Å². The van der Waals surface area contributed by atoms with E-state index in [1.54, 1.807) is 0 Å². The second-order valence-corrected chi connectivity index (χ2v) is 6.70. The molecular weight excluding hydrogens is 268 g/mol. The van der Waals surface area contributed by atoms with Gasteiger partial charge in [-0.15, -0.1) is 0 Å². The summed E-state index contributed by atoms with van der Waals surface area (Å²) in [7, 11) is 0. The number of hydrogen-bond acceptors (Lipinski definition) is 4. The van der Waals surface area contributed by atoms with Crippen molar-refractivity contribution in [2.24, 2.45) is 0 Å². The summed E-state index contributed by atoms with van der Waals surface area (Å²) in [4.78, 5) is 11.7. The standard InChI is InChI=1S/C16H32N2O3/c1-5-20-12-6-11-17-13-7-9-14(10-8-13)18-15(19)21-16(2,3)4/h13-14,17H,5-12H2,1-4H3,(H,18,19). The predicted octanol–water partition coefficient (Wildman–Crippen LogP) is 2.84. The Balaban J connectivity index is 2.10. The molecule has 0 unspecified atom stereocenters. The molecule has 0 aromatic carbocycles. The van der Waals surface area contributed by atoms with E-state index in [1.807, 2.05) is 27.7 Å². The molecule has 0 aromatic heterocycles. The van der Waals surface area contributed by atoms with Crippen molar-refractivity contribution in [3.63, 3.8) is 0 Å². The van der Waals surface area contributed by atoms with Crippen LogP contribution in [0.25, 0.3) is 0 Å². The molecular formula is C16H32N2O3. The lowest BCUT2D eigenvalue weighted by atomic mass is 9.91. The smallest absolute Gasteiger partial charge is 0.407 e. The molecule has 124 valence electrons. The average molecular weight is 300 g/mol. The first-order chi connectivity index (χ1) is 9.90. The molecule has 1 saturated carbocycles. The molecule has 0 atom stereocenters. The number of amides is 1. The molecule has 1 amide bonds. The van der Waals surface area contributed by atoms with Crippen LogP contribution in [0.15, 0.2) is 0 Å². The Bertz CT molecular complexity index is 294. The highest BCUT2D eigenvalue weighted by molar-refractivity contribution is 5.68. The van der Waals surface area contributed by atoms with Crippen molar-refractivity contribution in [1.29, 1.82) is 0 Å². The Kier molecular flexibility index (Phi) is 8.04. The molecule has 1 aliphatic rings. The summed E-state index contributed by atoms with van der Waals surface area (Å²) in [5, 5.41) is 6.54. The van der Waals surface area contributed by atoms with Crippen LogP contribution in [0.4, 0.5) is 4.79 Å². The minimum absolute atomic E-state index is 0.251. The fourth-order valence-electron chi connectivity index (χ4n) is 2.54. The minimum Gasteiger partial charge on any atom is -0.444 e. The van der Waals surface area contributed by atoms with E-state index in [4.69, 9.17) is 9.47 Å². The van der Waals surface area contributed by atoms with Crippen LogP contribution in [-0.4, -0.2) is 43.5 Å². The van der Waals surface area contributed by atoms with E-state index in [1.165, 1.54) is 0 Å². The predicted molar refractivity (Wildman–Crippen MR) is 84.5 cm³/mol. The first kappa shape index (κ1) is 18.2. The Morgan fingerprint density at radius 1 is 1.14 bits per heavy atom. The number of rotatable bonds is 7. The van der Waals surface area contributed by atoms with Gasteiger partial charge < -0.3 is 20.1 Å². The van der Waals surface area contributed by atoms with Crippen LogP contribution < -0.4 is 10.6 Å². The van der Waals surface area contributed by atoms with E-state index in [0.29, 0.717) is 6.04 Å². The van der Waals surface area contributed by atoms with Gasteiger partial charge in [0.2, 0.25) is 0 Å². The van der Waals surface area contributed by atoms with Crippen molar-refractivity contribution in [2.75, 3.05) is 19.8 Å². The average Bonchev–Trinajstić information content (AvgIpc) is 2.38. The normalized spacial score (nSPS) is 22.9. The van der Waals surface area contributed by atoms with Crippen molar-refractivity contribution in [3.8, 4) is 0 Å². The Labute approximate surface area is 129 Å². The Morgan fingerprint density at radius 3 is 2.33 bits per heavy atom. The molecule has 0 bridgehead atoms. The SMILES string of the molecule is CCOCCCNC1CCC(NC(=O)OC(C)(C)C)CC1. The number of nitrogens with one attached hydrogen (secondary N) is 2. The lowest BCUT2D eigenvalue weighted by Crippen LogP contribution is -2.44. The molecule has 21 heavy (non-hydrogen) atoms. The maximum atomic E-state index is 11.7. The third-order valence-corrected chi connectivity index (χ3v) is 3.55. The maximum Gasteiger partial charge on any atom is 0.407 e. The van der Waals surface area contributed by atoms with Crippen LogP contribution >= 0.6 is 0 Å². The number of carbonyl (C=O) groups is 1. The summed E-state index contributed by atoms with van der Waals surface area (Å²) in [5.41, 5.74) is -0.427. The molecule has 0 aromatic rings. The third-order valence-electron chi connectivity index (χ3n) is 3.55. The van der Waals surface area contributed by atoms with Gasteiger partial charge in [0.15, 0.2) is 0 Å². The fourth-order valence-corrected chi connectivity index (χ4v) is 2.54. The first-order valence-electron chi connectivity index (χ1n) is 8.21. The number of carbonyl (C=O) groups excluding carboxylic acids is 1. The second kappa shape index (κ2) is 9.26. The second-order valence-electron chi connectivity index (χ2n) is 6.70. The van der Waals surface area contributed by atoms with Crippen LogP contribution in [0.5, 0.6) is 0 Å². The molecule has 5 nitrogen and oxygen atoms in total. The van der Waals surface area contributed by atoms with Crippen molar-refractivity contribution in [1.82, 2.24) is 10.6 Å². The summed E-state index contributed by atoms with van der Waals surface area (Å²) < 4.78 is 10.6. The van der Waals surface area contributed by atoms with Gasteiger partial charge in [0.25, 0.3) is 0 Å². The van der Waals surface area contributed by atoms with E-state index >= 15 is 0 Å². The van der Waals surface area contributed by atoms with Crippen molar-refractivity contribution in [2.45, 2.75) is 77.5 Å². The fraction of sp³-hybridized carbons (Fsp3) is 0.938. The highest BCUT2D eigenvalue weighted by Crippen LogP contribution is 2.19. The molecule has 2 N–H and O–H groups in total. The summed E-state index contributed by atoms with van der Waals surface area (Å²) in [6.45, 7) is 10.3. The van der Waals surface area contributed by atoms with Crippen LogP contribution in [-0.2, 0) is 9.47 Å². The van der Waals surface area contributed by atoms with Gasteiger partial charge in [-0.1, -0.05) is 0 Å². The number of ether oxygens (including phenoxy) is 2. The van der Waals surface area contributed by atoms with Gasteiger partial charge in [0, 0.05) is 25.3 Å². The Morgan fingerprint density at radius 2 is 1.76 bits per heavy atom. The molecule has 0 saturated heterocycles. The van der Waals surface area contributed by atoms with Gasteiger partial charge in [-0.25, -0.2) is 4.79 Å². The summed E-state index contributed by atoms with van der Waals surface area (Å²) in [6, 6.07) is 0.824. The van der Waals surface area contributed by atoms with Crippen LogP contribution in [0.1, 0.15) is 59.8 Å². The van der Waals surface area contributed by atoms with E-state index in [2.05, 4.69) is 10.6 Å². The van der Waals surface area contributed by atoms with Crippen LogP contribution in [0.2, 0.25) is 0 Å². The van der Waals surface area contributed by atoms with Gasteiger partial charge in [-0.3, -0.25) is 0 Å². The highest BCUT2D eigenvalue weighted by Gasteiger charge is 2.24. The zero-order valence-corrected chi connectivity index (χ0v) is 14.0. The zero-order valence-electron chi connectivity index (χ0n) is 14.0. The van der Waals surface area contributed by atoms with Crippen LogP contribution in [0.3, 0.4) is 0 Å². The van der Waals surface area contributed by atoms with E-state index in [9.17, 15) is 4.79 Å². The van der Waals surface area contributed by atoms with E-state index in [0.717, 1.165) is 51.9 Å². The number of alkyl carbamates (subject to hydrolysis) is 1. The van der Waals surface area contributed by atoms with E-state index in [-0.39, 0.29) is 12.1 Å². The zero-order chi connectivity index (χ0) is 15.7. The molecule has 0 aliphatic heterocycles. The summed E-state index contributed by atoms with van der Waals surface area (Å²) in [5.74, 6) is 0. The topological polar surface area (TPSA) is 59.6 Å². The van der Waals surface area contributed by atoms with Gasteiger partial charge >= 0.3 is 6.09 Å². The first-order valence-corrected chi connectivity index (χ1v) is 8.21. The maximum absolute atomic E-state index is 11.7. The van der Waals surface area contributed by atoms with Crippen molar-refractivity contribution >= 4 is 6.09 Å². The molecule has 0 radical (unpaired) electrons. The van der Waals surface area contributed by atoms with Crippen LogP contribution in [0, 0.1) is 0 Å². The number of hydrogen-bond donors (Lipinski definition) is 2. The lowest BCUT2D eigenvalue weighted by molar-refractivity contribution is 0.0489. The molecule has 5 heteroatoms. The Hall–Kier alpha value is -0.810. The molecule has 1 rings (SSSR count).